The van der Waals surface area contributed by atoms with Gasteiger partial charge in [0.25, 0.3) is 0 Å². The highest BCUT2D eigenvalue weighted by molar-refractivity contribution is 5.60. The van der Waals surface area contributed by atoms with Crippen molar-refractivity contribution in [3.63, 3.8) is 0 Å². The van der Waals surface area contributed by atoms with E-state index in [4.69, 9.17) is 4.79 Å². The summed E-state index contributed by atoms with van der Waals surface area (Å²) in [5, 5.41) is 3.41. The van der Waals surface area contributed by atoms with Gasteiger partial charge in [-0.15, -0.1) is 6.58 Å². The SMILES string of the molecule is C=C(C)CCc1ccc(Nc2ccc(C)cc2)cc1.CC.CC=O. The number of allylic oxidation sites excluding steroid dienone is 1. The number of hydrogen-bond acceptors (Lipinski definition) is 2. The van der Waals surface area contributed by atoms with Crippen molar-refractivity contribution in [1.82, 2.24) is 0 Å². The third kappa shape index (κ3) is 9.62. The Morgan fingerprint density at radius 3 is 1.83 bits per heavy atom. The van der Waals surface area contributed by atoms with Gasteiger partial charge in [-0.1, -0.05) is 49.2 Å². The Labute approximate surface area is 147 Å². The van der Waals surface area contributed by atoms with Crippen LogP contribution in [0, 0.1) is 6.92 Å². The van der Waals surface area contributed by atoms with Crippen molar-refractivity contribution in [2.45, 2.75) is 47.5 Å². The summed E-state index contributed by atoms with van der Waals surface area (Å²) >= 11 is 0. The summed E-state index contributed by atoms with van der Waals surface area (Å²) in [6.45, 7) is 13.6. The van der Waals surface area contributed by atoms with E-state index in [0.29, 0.717) is 0 Å². The van der Waals surface area contributed by atoms with Crippen molar-refractivity contribution in [3.8, 4) is 0 Å². The number of carbonyl (C=O) groups is 1. The molecule has 0 heterocycles. The van der Waals surface area contributed by atoms with Crippen LogP contribution in [0.4, 0.5) is 11.4 Å². The summed E-state index contributed by atoms with van der Waals surface area (Å²) in [5.41, 5.74) is 6.13. The van der Waals surface area contributed by atoms with Gasteiger partial charge in [0.1, 0.15) is 6.29 Å². The van der Waals surface area contributed by atoms with Gasteiger partial charge < -0.3 is 10.1 Å². The molecule has 2 nitrogen and oxygen atoms in total. The van der Waals surface area contributed by atoms with E-state index in [1.807, 2.05) is 13.8 Å². The number of rotatable bonds is 5. The van der Waals surface area contributed by atoms with E-state index in [0.717, 1.165) is 30.5 Å². The van der Waals surface area contributed by atoms with Gasteiger partial charge in [0.05, 0.1) is 0 Å². The van der Waals surface area contributed by atoms with E-state index in [1.54, 1.807) is 0 Å². The summed E-state index contributed by atoms with van der Waals surface area (Å²) in [6.07, 6.45) is 2.88. The smallest absolute Gasteiger partial charge is 0.116 e. The average Bonchev–Trinajstić information content (AvgIpc) is 2.59. The molecular weight excluding hydrogens is 294 g/mol. The minimum absolute atomic E-state index is 0.750. The van der Waals surface area contributed by atoms with Crippen LogP contribution < -0.4 is 5.32 Å². The van der Waals surface area contributed by atoms with Crippen molar-refractivity contribution >= 4 is 17.7 Å². The van der Waals surface area contributed by atoms with E-state index in [2.05, 4.69) is 74.3 Å². The molecule has 0 saturated heterocycles. The van der Waals surface area contributed by atoms with Gasteiger partial charge in [-0.3, -0.25) is 0 Å². The van der Waals surface area contributed by atoms with Crippen LogP contribution in [0.15, 0.2) is 60.7 Å². The van der Waals surface area contributed by atoms with E-state index >= 15 is 0 Å². The van der Waals surface area contributed by atoms with Crippen LogP contribution in [0.1, 0.15) is 45.2 Å². The predicted molar refractivity (Wildman–Crippen MR) is 107 cm³/mol. The molecule has 0 aliphatic carbocycles. The Bertz CT molecular complexity index is 582. The van der Waals surface area contributed by atoms with E-state index in [-0.39, 0.29) is 0 Å². The molecule has 0 radical (unpaired) electrons. The summed E-state index contributed by atoms with van der Waals surface area (Å²) in [6, 6.07) is 17.1. The lowest BCUT2D eigenvalue weighted by molar-refractivity contribution is -0.106. The first kappa shape index (κ1) is 21.7. The Balaban J connectivity index is 0.000000952. The Morgan fingerprint density at radius 1 is 1.00 bits per heavy atom. The van der Waals surface area contributed by atoms with Crippen LogP contribution >= 0.6 is 0 Å². The lowest BCUT2D eigenvalue weighted by atomic mass is 10.1. The number of anilines is 2. The molecule has 2 aromatic carbocycles. The van der Waals surface area contributed by atoms with Crippen molar-refractivity contribution < 1.29 is 4.79 Å². The average molecular weight is 325 g/mol. The van der Waals surface area contributed by atoms with Gasteiger partial charge >= 0.3 is 0 Å². The molecule has 24 heavy (non-hydrogen) atoms. The normalized spacial score (nSPS) is 8.88. The quantitative estimate of drug-likeness (QED) is 0.503. The van der Waals surface area contributed by atoms with Crippen LogP contribution in [0.5, 0.6) is 0 Å². The van der Waals surface area contributed by atoms with E-state index in [9.17, 15) is 0 Å². The second-order valence-electron chi connectivity index (χ2n) is 5.38. The first-order valence-electron chi connectivity index (χ1n) is 8.52. The van der Waals surface area contributed by atoms with Gasteiger partial charge in [-0.2, -0.15) is 0 Å². The molecule has 0 atom stereocenters. The second-order valence-corrected chi connectivity index (χ2v) is 5.38. The fourth-order valence-electron chi connectivity index (χ4n) is 1.92. The molecular formula is C22H31NO. The van der Waals surface area contributed by atoms with E-state index < -0.39 is 0 Å². The maximum absolute atomic E-state index is 8.81. The fraction of sp³-hybridized carbons (Fsp3) is 0.318. The molecule has 2 aromatic rings. The van der Waals surface area contributed by atoms with Crippen molar-refractivity contribution in [1.29, 1.82) is 0 Å². The number of hydrogen-bond donors (Lipinski definition) is 1. The molecule has 0 spiro atoms. The Morgan fingerprint density at radius 2 is 1.42 bits per heavy atom. The zero-order valence-electron chi connectivity index (χ0n) is 15.7. The topological polar surface area (TPSA) is 29.1 Å². The van der Waals surface area contributed by atoms with Gasteiger partial charge in [0.2, 0.25) is 0 Å². The van der Waals surface area contributed by atoms with Crippen LogP contribution in [0.25, 0.3) is 0 Å². The third-order valence-electron chi connectivity index (χ3n) is 3.13. The van der Waals surface area contributed by atoms with Crippen LogP contribution in [-0.2, 0) is 11.2 Å². The van der Waals surface area contributed by atoms with Crippen molar-refractivity contribution in [2.24, 2.45) is 0 Å². The monoisotopic (exact) mass is 325 g/mol. The fourth-order valence-corrected chi connectivity index (χ4v) is 1.92. The molecule has 0 unspecified atom stereocenters. The Hall–Kier alpha value is -2.35. The summed E-state index contributed by atoms with van der Waals surface area (Å²) in [7, 11) is 0. The largest absolute Gasteiger partial charge is 0.356 e. The lowest BCUT2D eigenvalue weighted by Crippen LogP contribution is -1.91. The molecule has 0 fully saturated rings. The maximum atomic E-state index is 8.81. The highest BCUT2D eigenvalue weighted by atomic mass is 16.1. The highest BCUT2D eigenvalue weighted by Gasteiger charge is 1.97. The van der Waals surface area contributed by atoms with Gasteiger partial charge in [-0.25, -0.2) is 0 Å². The molecule has 2 rings (SSSR count). The number of aryl methyl sites for hydroxylation is 2. The van der Waals surface area contributed by atoms with Crippen LogP contribution in [0.2, 0.25) is 0 Å². The number of aldehydes is 1. The third-order valence-corrected chi connectivity index (χ3v) is 3.13. The number of nitrogens with one attached hydrogen (secondary N) is 1. The molecule has 0 bridgehead atoms. The molecule has 0 aliphatic rings. The van der Waals surface area contributed by atoms with Crippen molar-refractivity contribution in [3.05, 3.63) is 71.8 Å². The second kappa shape index (κ2) is 13.1. The number of benzene rings is 2. The van der Waals surface area contributed by atoms with Gasteiger partial charge in [-0.05, 0) is 63.4 Å². The zero-order chi connectivity index (χ0) is 18.4. The molecule has 2 heteroatoms. The van der Waals surface area contributed by atoms with Gasteiger partial charge in [0, 0.05) is 11.4 Å². The van der Waals surface area contributed by atoms with E-state index in [1.165, 1.54) is 23.6 Å². The van der Waals surface area contributed by atoms with Crippen molar-refractivity contribution in [2.75, 3.05) is 5.32 Å². The summed E-state index contributed by atoms with van der Waals surface area (Å²) < 4.78 is 0. The summed E-state index contributed by atoms with van der Waals surface area (Å²) in [5.74, 6) is 0. The number of carbonyl (C=O) groups excluding carboxylic acids is 1. The molecule has 0 amide bonds. The van der Waals surface area contributed by atoms with Crippen LogP contribution in [0.3, 0.4) is 0 Å². The summed E-state index contributed by atoms with van der Waals surface area (Å²) in [4.78, 5) is 8.81. The van der Waals surface area contributed by atoms with Crippen LogP contribution in [-0.4, -0.2) is 6.29 Å². The minimum atomic E-state index is 0.750. The predicted octanol–water partition coefficient (Wildman–Crippen LogP) is 6.48. The maximum Gasteiger partial charge on any atom is 0.116 e. The highest BCUT2D eigenvalue weighted by Crippen LogP contribution is 2.18. The lowest BCUT2D eigenvalue weighted by Gasteiger charge is -2.08. The standard InChI is InChI=1S/C18H21N.C2H4O.C2H6/c1-14(2)4-7-16-8-12-18(13-9-16)19-17-10-5-15(3)6-11-17;1-2-3;1-2/h5-6,8-13,19H,1,4,7H2,2-3H3;2H,1H3;1-2H3. The van der Waals surface area contributed by atoms with Gasteiger partial charge in [0.15, 0.2) is 0 Å². The first-order valence-corrected chi connectivity index (χ1v) is 8.52. The molecule has 0 aromatic heterocycles. The molecule has 130 valence electrons. The molecule has 0 aliphatic heterocycles. The molecule has 0 saturated carbocycles. The first-order chi connectivity index (χ1) is 11.5. The zero-order valence-corrected chi connectivity index (χ0v) is 15.7. The Kier molecular flexibility index (Phi) is 11.8. The minimum Gasteiger partial charge on any atom is -0.356 e. The molecule has 1 N–H and O–H groups in total.